The van der Waals surface area contributed by atoms with E-state index in [2.05, 4.69) is 17.0 Å². The van der Waals surface area contributed by atoms with E-state index in [1.807, 2.05) is 30.1 Å². The molecule has 30 heavy (non-hydrogen) atoms. The SMILES string of the molecule is CN1C(=C2SC(=Nc3ccccc3O)N(C3CCCCC3)C2=O)Sc2ccccc21. The van der Waals surface area contributed by atoms with Crippen LogP contribution in [-0.2, 0) is 4.79 Å². The number of para-hydroxylation sites is 3. The van der Waals surface area contributed by atoms with Crippen LogP contribution in [0.15, 0.2) is 68.4 Å². The van der Waals surface area contributed by atoms with Gasteiger partial charge in [0.1, 0.15) is 16.3 Å². The van der Waals surface area contributed by atoms with Crippen molar-refractivity contribution in [3.05, 3.63) is 58.5 Å². The fourth-order valence-electron chi connectivity index (χ4n) is 4.22. The van der Waals surface area contributed by atoms with Crippen molar-refractivity contribution in [2.24, 2.45) is 4.99 Å². The topological polar surface area (TPSA) is 56.1 Å². The first-order valence-corrected chi connectivity index (χ1v) is 11.9. The summed E-state index contributed by atoms with van der Waals surface area (Å²) >= 11 is 3.07. The summed E-state index contributed by atoms with van der Waals surface area (Å²) < 4.78 is 0. The Bertz CT molecular complexity index is 1060. The summed E-state index contributed by atoms with van der Waals surface area (Å²) in [4.78, 5) is 24.2. The quantitative estimate of drug-likeness (QED) is 0.611. The number of anilines is 1. The fraction of sp³-hybridized carbons (Fsp3) is 0.304. The zero-order chi connectivity index (χ0) is 20.7. The van der Waals surface area contributed by atoms with Gasteiger partial charge in [-0.15, -0.1) is 0 Å². The summed E-state index contributed by atoms with van der Waals surface area (Å²) in [5.41, 5.74) is 1.62. The van der Waals surface area contributed by atoms with Crippen LogP contribution in [0.4, 0.5) is 11.4 Å². The number of aliphatic imine (C=N–C) groups is 1. The highest BCUT2D eigenvalue weighted by Gasteiger charge is 2.42. The molecule has 1 aliphatic carbocycles. The molecule has 1 saturated heterocycles. The van der Waals surface area contributed by atoms with Crippen molar-refractivity contribution in [3.8, 4) is 5.75 Å². The standard InChI is InChI=1S/C23H23N3O2S2/c1-25-17-12-6-8-14-19(17)29-22(25)20-21(28)26(15-9-3-2-4-10-15)23(30-20)24-16-11-5-7-13-18(16)27/h5-8,11-15,27H,2-4,9-10H2,1H3. The van der Waals surface area contributed by atoms with Crippen LogP contribution in [0, 0.1) is 0 Å². The van der Waals surface area contributed by atoms with Gasteiger partial charge in [0.15, 0.2) is 5.17 Å². The minimum atomic E-state index is 0.0308. The van der Waals surface area contributed by atoms with E-state index in [-0.39, 0.29) is 17.7 Å². The maximum atomic E-state index is 13.6. The molecule has 3 aliphatic rings. The molecule has 7 heteroatoms. The normalized spacial score (nSPS) is 23.5. The van der Waals surface area contributed by atoms with Gasteiger partial charge < -0.3 is 10.0 Å². The van der Waals surface area contributed by atoms with Gasteiger partial charge in [0.2, 0.25) is 0 Å². The zero-order valence-electron chi connectivity index (χ0n) is 16.7. The van der Waals surface area contributed by atoms with Gasteiger partial charge in [0.05, 0.1) is 10.7 Å². The van der Waals surface area contributed by atoms with E-state index in [4.69, 9.17) is 4.99 Å². The summed E-state index contributed by atoms with van der Waals surface area (Å²) in [5, 5.41) is 11.8. The monoisotopic (exact) mass is 437 g/mol. The van der Waals surface area contributed by atoms with E-state index < -0.39 is 0 Å². The molecular weight excluding hydrogens is 414 g/mol. The van der Waals surface area contributed by atoms with Gasteiger partial charge in [-0.2, -0.15) is 0 Å². The maximum absolute atomic E-state index is 13.6. The van der Waals surface area contributed by atoms with Gasteiger partial charge in [0.25, 0.3) is 5.91 Å². The maximum Gasteiger partial charge on any atom is 0.269 e. The highest BCUT2D eigenvalue weighted by Crippen LogP contribution is 2.50. The second-order valence-electron chi connectivity index (χ2n) is 7.72. The predicted octanol–water partition coefficient (Wildman–Crippen LogP) is 5.70. The van der Waals surface area contributed by atoms with Crippen molar-refractivity contribution in [2.45, 2.75) is 43.0 Å². The highest BCUT2D eigenvalue weighted by molar-refractivity contribution is 8.19. The smallest absolute Gasteiger partial charge is 0.269 e. The van der Waals surface area contributed by atoms with Crippen molar-refractivity contribution in [3.63, 3.8) is 0 Å². The van der Waals surface area contributed by atoms with Gasteiger partial charge in [-0.3, -0.25) is 9.69 Å². The molecule has 1 amide bonds. The minimum absolute atomic E-state index is 0.0308. The van der Waals surface area contributed by atoms with Crippen LogP contribution >= 0.6 is 23.5 Å². The van der Waals surface area contributed by atoms with Crippen LogP contribution in [0.1, 0.15) is 32.1 Å². The largest absolute Gasteiger partial charge is 0.506 e. The number of phenols is 1. The molecule has 2 heterocycles. The number of carbonyl (C=O) groups excluding carboxylic acids is 1. The van der Waals surface area contributed by atoms with Gasteiger partial charge >= 0.3 is 0 Å². The molecule has 1 N–H and O–H groups in total. The summed E-state index contributed by atoms with van der Waals surface area (Å²) in [5.74, 6) is 0.158. The Balaban J connectivity index is 1.57. The summed E-state index contributed by atoms with van der Waals surface area (Å²) in [6, 6.07) is 15.4. The van der Waals surface area contributed by atoms with Crippen LogP contribution in [0.25, 0.3) is 0 Å². The van der Waals surface area contributed by atoms with Crippen molar-refractivity contribution in [1.82, 2.24) is 4.90 Å². The third-order valence-electron chi connectivity index (χ3n) is 5.78. The lowest BCUT2D eigenvalue weighted by Crippen LogP contribution is -2.40. The fourth-order valence-corrected chi connectivity index (χ4v) is 6.61. The van der Waals surface area contributed by atoms with Crippen LogP contribution in [-0.4, -0.2) is 34.2 Å². The van der Waals surface area contributed by atoms with E-state index >= 15 is 0 Å². The van der Waals surface area contributed by atoms with Crippen LogP contribution in [0.5, 0.6) is 5.75 Å². The molecule has 2 fully saturated rings. The van der Waals surface area contributed by atoms with Crippen LogP contribution in [0.2, 0.25) is 0 Å². The second-order valence-corrected chi connectivity index (χ2v) is 9.72. The number of amides is 1. The molecule has 5 nitrogen and oxygen atoms in total. The molecule has 5 rings (SSSR count). The number of hydrogen-bond acceptors (Lipinski definition) is 6. The van der Waals surface area contributed by atoms with Gasteiger partial charge in [0, 0.05) is 18.0 Å². The minimum Gasteiger partial charge on any atom is -0.506 e. The van der Waals surface area contributed by atoms with E-state index in [0.29, 0.717) is 10.9 Å². The Morgan fingerprint density at radius 2 is 1.73 bits per heavy atom. The second kappa shape index (κ2) is 8.04. The molecule has 0 spiro atoms. The van der Waals surface area contributed by atoms with E-state index in [1.54, 1.807) is 30.0 Å². The zero-order valence-corrected chi connectivity index (χ0v) is 18.4. The molecule has 0 bridgehead atoms. The van der Waals surface area contributed by atoms with Gasteiger partial charge in [-0.25, -0.2) is 4.99 Å². The van der Waals surface area contributed by atoms with Crippen molar-refractivity contribution in [2.75, 3.05) is 11.9 Å². The highest BCUT2D eigenvalue weighted by atomic mass is 32.2. The van der Waals surface area contributed by atoms with Crippen molar-refractivity contribution in [1.29, 1.82) is 0 Å². The first kappa shape index (κ1) is 19.6. The molecule has 2 aliphatic heterocycles. The lowest BCUT2D eigenvalue weighted by molar-refractivity contribution is -0.124. The Morgan fingerprint density at radius 1 is 1.00 bits per heavy atom. The molecule has 0 radical (unpaired) electrons. The van der Waals surface area contributed by atoms with Gasteiger partial charge in [-0.1, -0.05) is 55.3 Å². The molecule has 0 atom stereocenters. The van der Waals surface area contributed by atoms with Crippen LogP contribution in [0.3, 0.4) is 0 Å². The number of thioether (sulfide) groups is 2. The average molecular weight is 438 g/mol. The number of hydrogen-bond donors (Lipinski definition) is 1. The summed E-state index contributed by atoms with van der Waals surface area (Å²) in [7, 11) is 2.01. The van der Waals surface area contributed by atoms with Gasteiger partial charge in [-0.05, 0) is 48.9 Å². The molecule has 0 unspecified atom stereocenters. The Labute approximate surface area is 184 Å². The molecule has 2 aromatic rings. The molecule has 154 valence electrons. The van der Waals surface area contributed by atoms with E-state index in [9.17, 15) is 9.90 Å². The Kier molecular flexibility index (Phi) is 5.25. The number of rotatable bonds is 2. The molecule has 0 aromatic heterocycles. The Hall–Kier alpha value is -2.38. The number of nitrogens with zero attached hydrogens (tertiary/aromatic N) is 3. The lowest BCUT2D eigenvalue weighted by atomic mass is 9.94. The van der Waals surface area contributed by atoms with E-state index in [1.165, 1.54) is 18.2 Å². The lowest BCUT2D eigenvalue weighted by Gasteiger charge is -2.30. The Morgan fingerprint density at radius 3 is 2.50 bits per heavy atom. The first-order valence-electron chi connectivity index (χ1n) is 10.3. The third-order valence-corrected chi connectivity index (χ3v) is 8.19. The number of fused-ring (bicyclic) bond motifs is 1. The van der Waals surface area contributed by atoms with Crippen molar-refractivity contribution < 1.29 is 9.90 Å². The third kappa shape index (κ3) is 3.40. The average Bonchev–Trinajstić information content (AvgIpc) is 3.27. The number of carbonyl (C=O) groups is 1. The van der Waals surface area contributed by atoms with Crippen LogP contribution < -0.4 is 4.90 Å². The molecule has 2 aromatic carbocycles. The van der Waals surface area contributed by atoms with E-state index in [0.717, 1.165) is 46.2 Å². The summed E-state index contributed by atoms with van der Waals surface area (Å²) in [6.07, 6.45) is 5.49. The number of phenolic OH excluding ortho intramolecular Hbond substituents is 1. The molecular formula is C23H23N3O2S2. The van der Waals surface area contributed by atoms with Crippen molar-refractivity contribution >= 4 is 46.0 Å². The number of benzene rings is 2. The predicted molar refractivity (Wildman–Crippen MR) is 124 cm³/mol. The molecule has 1 saturated carbocycles. The number of amidine groups is 1. The number of aromatic hydroxyl groups is 1. The summed E-state index contributed by atoms with van der Waals surface area (Å²) in [6.45, 7) is 0. The first-order chi connectivity index (χ1) is 14.6.